The largest absolute Gasteiger partial charge is 0.480 e. The molecule has 0 spiro atoms. The molecule has 0 fully saturated rings. The van der Waals surface area contributed by atoms with Crippen molar-refractivity contribution in [2.75, 3.05) is 0 Å². The Bertz CT molecular complexity index is 1290. The van der Waals surface area contributed by atoms with Crippen molar-refractivity contribution >= 4 is 37.8 Å². The highest BCUT2D eigenvalue weighted by Gasteiger charge is 2.32. The smallest absolute Gasteiger partial charge is 0.321 e. The number of carbonyl (C=O) groups excluding carboxylic acids is 1. The second-order valence-corrected chi connectivity index (χ2v) is 11.0. The molecule has 1 aliphatic rings. The van der Waals surface area contributed by atoms with E-state index in [1.165, 1.54) is 38.1 Å². The number of hydrogen-bond donors (Lipinski definition) is 4. The van der Waals surface area contributed by atoms with Crippen LogP contribution < -0.4 is 9.44 Å². The lowest BCUT2D eigenvalue weighted by atomic mass is 10.1. The molecule has 0 aromatic heterocycles. The predicted molar refractivity (Wildman–Crippen MR) is 119 cm³/mol. The molecule has 0 bridgehead atoms. The Balaban J connectivity index is 1.97. The van der Waals surface area contributed by atoms with E-state index in [0.717, 1.165) is 12.1 Å². The molecule has 34 heavy (non-hydrogen) atoms. The first kappa shape index (κ1) is 25.5. The molecule has 2 atom stereocenters. The van der Waals surface area contributed by atoms with Crippen molar-refractivity contribution < 1.29 is 41.4 Å². The first-order chi connectivity index (χ1) is 15.8. The normalized spacial score (nSPS) is 14.8. The fourth-order valence-electron chi connectivity index (χ4n) is 3.50. The maximum Gasteiger partial charge on any atom is 0.321 e. The van der Waals surface area contributed by atoms with Gasteiger partial charge in [-0.15, -0.1) is 0 Å². The van der Waals surface area contributed by atoms with Gasteiger partial charge in [0.05, 0.1) is 9.79 Å². The van der Waals surface area contributed by atoms with Crippen molar-refractivity contribution in [3.63, 3.8) is 0 Å². The Morgan fingerprint density at radius 2 is 1.09 bits per heavy atom. The summed E-state index contributed by atoms with van der Waals surface area (Å²) in [7, 11) is -8.50. The zero-order valence-electron chi connectivity index (χ0n) is 18.1. The summed E-state index contributed by atoms with van der Waals surface area (Å²) in [5.41, 5.74) is 0.803. The molecule has 0 radical (unpaired) electrons. The van der Waals surface area contributed by atoms with Crippen LogP contribution in [-0.2, 0) is 29.6 Å². The van der Waals surface area contributed by atoms with Crippen LogP contribution in [0.2, 0.25) is 0 Å². The molecular formula is C21H22N2O9S2. The number of carbonyl (C=O) groups is 3. The quantitative estimate of drug-likeness (QED) is 0.311. The highest BCUT2D eigenvalue weighted by Crippen LogP contribution is 2.38. The van der Waals surface area contributed by atoms with E-state index in [1.54, 1.807) is 0 Å². The highest BCUT2D eigenvalue weighted by molar-refractivity contribution is 7.89. The van der Waals surface area contributed by atoms with Gasteiger partial charge in [-0.1, -0.05) is 26.0 Å². The third kappa shape index (κ3) is 4.73. The Kier molecular flexibility index (Phi) is 6.94. The van der Waals surface area contributed by atoms with Crippen LogP contribution in [0.5, 0.6) is 0 Å². The molecule has 11 nitrogen and oxygen atoms in total. The van der Waals surface area contributed by atoms with Crippen LogP contribution in [0.1, 0.15) is 42.6 Å². The van der Waals surface area contributed by atoms with Gasteiger partial charge in [0.25, 0.3) is 0 Å². The van der Waals surface area contributed by atoms with Crippen LogP contribution in [0.15, 0.2) is 46.2 Å². The van der Waals surface area contributed by atoms with Gasteiger partial charge in [-0.05, 0) is 48.2 Å². The van der Waals surface area contributed by atoms with E-state index >= 15 is 0 Å². The molecule has 182 valence electrons. The molecule has 0 heterocycles. The summed E-state index contributed by atoms with van der Waals surface area (Å²) in [6.07, 6.45) is 0.0197. The summed E-state index contributed by atoms with van der Waals surface area (Å²) in [6, 6.07) is 4.76. The first-order valence-electron chi connectivity index (χ1n) is 10.2. The van der Waals surface area contributed by atoms with Crippen molar-refractivity contribution in [2.24, 2.45) is 0 Å². The fraction of sp³-hybridized carbons (Fsp3) is 0.286. The molecule has 4 N–H and O–H groups in total. The Hall–Kier alpha value is -3.13. The van der Waals surface area contributed by atoms with Crippen molar-refractivity contribution in [3.8, 4) is 11.1 Å². The van der Waals surface area contributed by atoms with Crippen molar-refractivity contribution in [3.05, 3.63) is 47.5 Å². The third-order valence-corrected chi connectivity index (χ3v) is 8.33. The summed E-state index contributed by atoms with van der Waals surface area (Å²) < 4.78 is 54.7. The Morgan fingerprint density at radius 3 is 1.38 bits per heavy atom. The van der Waals surface area contributed by atoms with E-state index in [9.17, 15) is 31.2 Å². The Morgan fingerprint density at radius 1 is 0.735 bits per heavy atom. The van der Waals surface area contributed by atoms with E-state index < -0.39 is 49.9 Å². The minimum atomic E-state index is -4.25. The zero-order valence-corrected chi connectivity index (χ0v) is 19.7. The van der Waals surface area contributed by atoms with Crippen LogP contribution >= 0.6 is 0 Å². The first-order valence-corrected chi connectivity index (χ1v) is 13.1. The van der Waals surface area contributed by atoms with Crippen LogP contribution in [0.25, 0.3) is 11.1 Å². The molecule has 2 aromatic rings. The maximum atomic E-state index is 13.0. The number of aliphatic carboxylic acids is 2. The topological polar surface area (TPSA) is 184 Å². The number of benzene rings is 2. The lowest BCUT2D eigenvalue weighted by molar-refractivity contribution is -0.139. The van der Waals surface area contributed by atoms with Gasteiger partial charge in [0.2, 0.25) is 20.0 Å². The average molecular weight is 511 g/mol. The molecule has 0 amide bonds. The van der Waals surface area contributed by atoms with Crippen LogP contribution in [-0.4, -0.2) is 56.9 Å². The molecule has 0 unspecified atom stereocenters. The van der Waals surface area contributed by atoms with E-state index in [0.29, 0.717) is 11.1 Å². The van der Waals surface area contributed by atoms with Crippen LogP contribution in [0, 0.1) is 0 Å². The molecule has 0 saturated carbocycles. The fourth-order valence-corrected chi connectivity index (χ4v) is 6.10. The lowest BCUT2D eigenvalue weighted by Crippen LogP contribution is -2.40. The van der Waals surface area contributed by atoms with Gasteiger partial charge in [-0.3, -0.25) is 14.4 Å². The van der Waals surface area contributed by atoms with Crippen molar-refractivity contribution in [1.29, 1.82) is 0 Å². The molecular weight excluding hydrogens is 488 g/mol. The summed E-state index contributed by atoms with van der Waals surface area (Å²) in [5, 5.41) is 18.2. The molecule has 0 aliphatic heterocycles. The predicted octanol–water partition coefficient (Wildman–Crippen LogP) is 1.18. The van der Waals surface area contributed by atoms with E-state index in [-0.39, 0.29) is 33.8 Å². The van der Waals surface area contributed by atoms with Gasteiger partial charge < -0.3 is 10.2 Å². The summed E-state index contributed by atoms with van der Waals surface area (Å²) in [4.78, 5) is 34.8. The number of carboxylic acid groups (broad SMARTS) is 2. The SMILES string of the molecule is CC[C@H](NS(=O)(=O)c1ccc2c(c1)C(=O)c1cc(S(=O)(=O)N[C@@H](CC)C(=O)O)ccc1-2)C(=O)O. The zero-order chi connectivity index (χ0) is 25.4. The van der Waals surface area contributed by atoms with Crippen molar-refractivity contribution in [2.45, 2.75) is 48.6 Å². The third-order valence-electron chi connectivity index (χ3n) is 5.39. The van der Waals surface area contributed by atoms with Gasteiger partial charge in [0.1, 0.15) is 12.1 Å². The monoisotopic (exact) mass is 510 g/mol. The van der Waals surface area contributed by atoms with Crippen molar-refractivity contribution in [1.82, 2.24) is 9.44 Å². The number of fused-ring (bicyclic) bond motifs is 3. The van der Waals surface area contributed by atoms with Crippen LogP contribution in [0.3, 0.4) is 0 Å². The second kappa shape index (κ2) is 9.25. The van der Waals surface area contributed by atoms with Gasteiger partial charge in [-0.2, -0.15) is 9.44 Å². The van der Waals surface area contributed by atoms with Gasteiger partial charge in [0.15, 0.2) is 5.78 Å². The summed E-state index contributed by atoms with van der Waals surface area (Å²) in [6.45, 7) is 3.01. The number of rotatable bonds is 10. The minimum absolute atomic E-state index is 0.00985. The van der Waals surface area contributed by atoms with E-state index in [4.69, 9.17) is 10.2 Å². The molecule has 3 rings (SSSR count). The Labute approximate surface area is 195 Å². The van der Waals surface area contributed by atoms with E-state index in [1.807, 2.05) is 0 Å². The maximum absolute atomic E-state index is 13.0. The molecule has 0 saturated heterocycles. The van der Waals surface area contributed by atoms with E-state index in [2.05, 4.69) is 9.44 Å². The molecule has 2 aromatic carbocycles. The van der Waals surface area contributed by atoms with Crippen LogP contribution in [0.4, 0.5) is 0 Å². The number of carboxylic acids is 2. The second-order valence-electron chi connectivity index (χ2n) is 7.58. The number of sulfonamides is 2. The molecule has 13 heteroatoms. The summed E-state index contributed by atoms with van der Waals surface area (Å²) in [5.74, 6) is -3.30. The lowest BCUT2D eigenvalue weighted by Gasteiger charge is -2.13. The number of hydrogen-bond acceptors (Lipinski definition) is 7. The minimum Gasteiger partial charge on any atom is -0.480 e. The van der Waals surface area contributed by atoms with Gasteiger partial charge in [-0.25, -0.2) is 16.8 Å². The highest BCUT2D eigenvalue weighted by atomic mass is 32.2. The number of ketones is 1. The molecule has 1 aliphatic carbocycles. The average Bonchev–Trinajstić information content (AvgIpc) is 3.06. The number of nitrogens with one attached hydrogen (secondary N) is 2. The standard InChI is InChI=1S/C21H22N2O9S2/c1-3-17(20(25)26)22-33(29,30)11-5-7-13-14-8-6-12(10-16(14)19(24)15(13)9-11)34(31,32)23-18(4-2)21(27)28/h5-10,17-18,22-23H,3-4H2,1-2H3,(H,25,26)(H,27,28)/t17-,18-/m0/s1. The van der Waals surface area contributed by atoms with Gasteiger partial charge >= 0.3 is 11.9 Å². The summed E-state index contributed by atoms with van der Waals surface area (Å²) >= 11 is 0. The van der Waals surface area contributed by atoms with Gasteiger partial charge in [0, 0.05) is 11.1 Å².